The van der Waals surface area contributed by atoms with Crippen molar-refractivity contribution in [1.82, 2.24) is 4.72 Å². The summed E-state index contributed by atoms with van der Waals surface area (Å²) in [5, 5.41) is 0. The van der Waals surface area contributed by atoms with Crippen molar-refractivity contribution in [2.45, 2.75) is 22.7 Å². The third-order valence-corrected chi connectivity index (χ3v) is 5.06. The molecule has 0 aromatic heterocycles. The van der Waals surface area contributed by atoms with Crippen LogP contribution in [-0.4, -0.2) is 32.0 Å². The summed E-state index contributed by atoms with van der Waals surface area (Å²) < 4.78 is 30.6. The molecule has 1 aromatic carbocycles. The van der Waals surface area contributed by atoms with E-state index in [1.165, 1.54) is 7.11 Å². The molecule has 0 bridgehead atoms. The van der Waals surface area contributed by atoms with E-state index in [-0.39, 0.29) is 11.4 Å². The highest BCUT2D eigenvalue weighted by Crippen LogP contribution is 2.16. The molecule has 0 saturated carbocycles. The molecule has 0 aliphatic carbocycles. The van der Waals surface area contributed by atoms with Crippen LogP contribution in [-0.2, 0) is 19.6 Å². The summed E-state index contributed by atoms with van der Waals surface area (Å²) in [5.41, 5.74) is 1.67. The average Bonchev–Trinajstić information content (AvgIpc) is 2.34. The quantitative estimate of drug-likeness (QED) is 0.465. The van der Waals surface area contributed by atoms with E-state index in [9.17, 15) is 13.2 Å². The van der Waals surface area contributed by atoms with Crippen LogP contribution in [0.5, 0.6) is 0 Å². The highest BCUT2D eigenvalue weighted by molar-refractivity contribution is 14.1. The molecule has 0 spiro atoms. The summed E-state index contributed by atoms with van der Waals surface area (Å²) in [4.78, 5) is 11.4. The lowest BCUT2D eigenvalue weighted by Crippen LogP contribution is -2.34. The summed E-state index contributed by atoms with van der Waals surface area (Å²) in [6.07, 6.45) is 0. The first-order valence-corrected chi connectivity index (χ1v) is 8.29. The van der Waals surface area contributed by atoms with E-state index in [2.05, 4.69) is 9.46 Å². The van der Waals surface area contributed by atoms with Crippen LogP contribution in [0, 0.1) is 13.8 Å². The molecule has 0 fully saturated rings. The number of halogens is 1. The molecule has 0 radical (unpaired) electrons. The summed E-state index contributed by atoms with van der Waals surface area (Å²) in [6, 6.07) is 5.10. The van der Waals surface area contributed by atoms with Crippen LogP contribution in [0.3, 0.4) is 0 Å². The van der Waals surface area contributed by atoms with Crippen LogP contribution in [0.4, 0.5) is 0 Å². The van der Waals surface area contributed by atoms with Gasteiger partial charge < -0.3 is 4.74 Å². The average molecular weight is 397 g/mol. The van der Waals surface area contributed by atoms with Gasteiger partial charge in [0.15, 0.2) is 0 Å². The van der Waals surface area contributed by atoms with Gasteiger partial charge in [-0.3, -0.25) is 4.79 Å². The van der Waals surface area contributed by atoms with E-state index in [0.29, 0.717) is 5.56 Å². The fraction of sp³-hybridized carbons (Fsp3) is 0.417. The van der Waals surface area contributed by atoms with E-state index in [1.807, 2.05) is 29.5 Å². The van der Waals surface area contributed by atoms with Crippen LogP contribution < -0.4 is 4.72 Å². The number of nitrogens with one attached hydrogen (secondary N) is 1. The minimum atomic E-state index is -3.61. The SMILES string of the molecule is COC(=O)C(I)CNS(=O)(=O)c1ccc(C)cc1C. The fourth-order valence-corrected chi connectivity index (χ4v) is 3.62. The van der Waals surface area contributed by atoms with Gasteiger partial charge in [-0.15, -0.1) is 0 Å². The van der Waals surface area contributed by atoms with Gasteiger partial charge in [0.2, 0.25) is 10.0 Å². The molecular weight excluding hydrogens is 381 g/mol. The van der Waals surface area contributed by atoms with Crippen LogP contribution in [0.15, 0.2) is 23.1 Å². The van der Waals surface area contributed by atoms with Crippen molar-refractivity contribution in [2.24, 2.45) is 0 Å². The third-order valence-electron chi connectivity index (χ3n) is 2.53. The molecule has 0 saturated heterocycles. The summed E-state index contributed by atoms with van der Waals surface area (Å²) >= 11 is 1.84. The first-order chi connectivity index (χ1) is 8.77. The molecule has 1 N–H and O–H groups in total. The normalized spacial score (nSPS) is 13.1. The van der Waals surface area contributed by atoms with Crippen molar-refractivity contribution in [3.05, 3.63) is 29.3 Å². The molecule has 106 valence electrons. The monoisotopic (exact) mass is 397 g/mol. The van der Waals surface area contributed by atoms with Crippen molar-refractivity contribution in [3.8, 4) is 0 Å². The van der Waals surface area contributed by atoms with Crippen LogP contribution in [0.1, 0.15) is 11.1 Å². The van der Waals surface area contributed by atoms with Crippen molar-refractivity contribution in [3.63, 3.8) is 0 Å². The maximum Gasteiger partial charge on any atom is 0.319 e. The zero-order valence-electron chi connectivity index (χ0n) is 10.9. The lowest BCUT2D eigenvalue weighted by atomic mass is 10.2. The second kappa shape index (κ2) is 6.67. The van der Waals surface area contributed by atoms with Gasteiger partial charge in [-0.05, 0) is 25.5 Å². The molecule has 0 aliphatic heterocycles. The van der Waals surface area contributed by atoms with Crippen LogP contribution in [0.25, 0.3) is 0 Å². The number of carbonyl (C=O) groups excluding carboxylic acids is 1. The topological polar surface area (TPSA) is 72.5 Å². The lowest BCUT2D eigenvalue weighted by Gasteiger charge is -2.12. The standard InChI is InChI=1S/C12H16INO4S/c1-8-4-5-11(9(2)6-8)19(16,17)14-7-10(13)12(15)18-3/h4-6,10,14H,7H2,1-3H3. The minimum absolute atomic E-state index is 0.00286. The molecule has 1 atom stereocenters. The number of sulfonamides is 1. The Morgan fingerprint density at radius 1 is 1.42 bits per heavy atom. The Morgan fingerprint density at radius 3 is 2.58 bits per heavy atom. The molecule has 19 heavy (non-hydrogen) atoms. The summed E-state index contributed by atoms with van der Waals surface area (Å²) in [5.74, 6) is -0.455. The minimum Gasteiger partial charge on any atom is -0.468 e. The zero-order chi connectivity index (χ0) is 14.6. The van der Waals surface area contributed by atoms with E-state index in [1.54, 1.807) is 25.1 Å². The van der Waals surface area contributed by atoms with Crippen LogP contribution in [0.2, 0.25) is 0 Å². The Morgan fingerprint density at radius 2 is 2.05 bits per heavy atom. The molecule has 7 heteroatoms. The molecule has 0 aliphatic rings. The molecular formula is C12H16INO4S. The van der Waals surface area contributed by atoms with E-state index < -0.39 is 19.9 Å². The highest BCUT2D eigenvalue weighted by atomic mass is 127. The summed E-state index contributed by atoms with van der Waals surface area (Å²) in [6.45, 7) is 3.64. The largest absolute Gasteiger partial charge is 0.468 e. The first kappa shape index (κ1) is 16.4. The number of carbonyl (C=O) groups is 1. The zero-order valence-corrected chi connectivity index (χ0v) is 13.9. The van der Waals surface area contributed by atoms with Gasteiger partial charge in [0, 0.05) is 6.54 Å². The van der Waals surface area contributed by atoms with Crippen molar-refractivity contribution >= 4 is 38.6 Å². The second-order valence-electron chi connectivity index (χ2n) is 4.11. The van der Waals surface area contributed by atoms with Gasteiger partial charge in [0.25, 0.3) is 0 Å². The number of rotatable bonds is 5. The number of hydrogen-bond donors (Lipinski definition) is 1. The maximum absolute atomic E-state index is 12.1. The number of hydrogen-bond acceptors (Lipinski definition) is 4. The van der Waals surface area contributed by atoms with Gasteiger partial charge in [0.05, 0.1) is 12.0 Å². The van der Waals surface area contributed by atoms with E-state index >= 15 is 0 Å². The number of esters is 1. The van der Waals surface area contributed by atoms with Gasteiger partial charge in [-0.1, -0.05) is 40.3 Å². The summed E-state index contributed by atoms with van der Waals surface area (Å²) in [7, 11) is -2.34. The molecule has 1 rings (SSSR count). The maximum atomic E-state index is 12.1. The second-order valence-corrected chi connectivity index (χ2v) is 7.35. The van der Waals surface area contributed by atoms with Gasteiger partial charge in [-0.25, -0.2) is 13.1 Å². The smallest absolute Gasteiger partial charge is 0.319 e. The Kier molecular flexibility index (Phi) is 5.75. The molecule has 1 aromatic rings. The highest BCUT2D eigenvalue weighted by Gasteiger charge is 2.21. The molecule has 1 unspecified atom stereocenters. The molecule has 5 nitrogen and oxygen atoms in total. The number of alkyl halides is 1. The van der Waals surface area contributed by atoms with Crippen molar-refractivity contribution in [2.75, 3.05) is 13.7 Å². The van der Waals surface area contributed by atoms with Crippen molar-refractivity contribution < 1.29 is 17.9 Å². The van der Waals surface area contributed by atoms with Gasteiger partial charge in [0.1, 0.15) is 3.92 Å². The van der Waals surface area contributed by atoms with Crippen molar-refractivity contribution in [1.29, 1.82) is 0 Å². The third kappa shape index (κ3) is 4.43. The Hall–Kier alpha value is -0.670. The number of aryl methyl sites for hydroxylation is 2. The first-order valence-electron chi connectivity index (χ1n) is 5.56. The van der Waals surface area contributed by atoms with Crippen LogP contribution >= 0.6 is 22.6 Å². The Bertz CT molecular complexity index is 571. The number of methoxy groups -OCH3 is 1. The number of ether oxygens (including phenoxy) is 1. The molecule has 0 amide bonds. The lowest BCUT2D eigenvalue weighted by molar-refractivity contribution is -0.139. The predicted molar refractivity (Wildman–Crippen MR) is 80.9 cm³/mol. The van der Waals surface area contributed by atoms with Gasteiger partial charge >= 0.3 is 5.97 Å². The molecule has 0 heterocycles. The van der Waals surface area contributed by atoms with Gasteiger partial charge in [-0.2, -0.15) is 0 Å². The fourth-order valence-electron chi connectivity index (χ4n) is 1.57. The number of benzene rings is 1. The van der Waals surface area contributed by atoms with E-state index in [4.69, 9.17) is 0 Å². The Balaban J connectivity index is 2.85. The van der Waals surface area contributed by atoms with E-state index in [0.717, 1.165) is 5.56 Å². The Labute approximate surface area is 126 Å². The predicted octanol–water partition coefficient (Wildman–Crippen LogP) is 1.56.